The van der Waals surface area contributed by atoms with Crippen molar-refractivity contribution in [1.82, 2.24) is 10.6 Å². The zero-order valence-electron chi connectivity index (χ0n) is 16.1. The molecule has 28 heavy (non-hydrogen) atoms. The number of rotatable bonds is 6. The Morgan fingerprint density at radius 3 is 2.54 bits per heavy atom. The summed E-state index contributed by atoms with van der Waals surface area (Å²) in [5.41, 5.74) is -0.336. The molecule has 0 aromatic heterocycles. The number of aliphatic imine (C=N–C) groups is 1. The molecule has 0 atom stereocenters. The van der Waals surface area contributed by atoms with Crippen molar-refractivity contribution in [3.63, 3.8) is 0 Å². The highest BCUT2D eigenvalue weighted by atomic mass is 127. The van der Waals surface area contributed by atoms with Gasteiger partial charge < -0.3 is 15.4 Å². The molecule has 2 aliphatic rings. The SMILES string of the molecule is CCNC(=NCC1(c2cccc(C(F)(F)F)c2)CCOCC1)NCC1CC1.I. The summed E-state index contributed by atoms with van der Waals surface area (Å²) in [5.74, 6) is 1.46. The van der Waals surface area contributed by atoms with Gasteiger partial charge in [0.15, 0.2) is 5.96 Å². The first kappa shape index (κ1) is 23.3. The van der Waals surface area contributed by atoms with Gasteiger partial charge >= 0.3 is 6.18 Å². The van der Waals surface area contributed by atoms with Gasteiger partial charge in [-0.2, -0.15) is 13.2 Å². The van der Waals surface area contributed by atoms with Crippen molar-refractivity contribution in [2.75, 3.05) is 32.8 Å². The molecule has 1 aliphatic heterocycles. The third-order valence-electron chi connectivity index (χ3n) is 5.39. The van der Waals surface area contributed by atoms with E-state index in [1.807, 2.05) is 6.92 Å². The van der Waals surface area contributed by atoms with Crippen LogP contribution in [0.25, 0.3) is 0 Å². The van der Waals surface area contributed by atoms with Crippen molar-refractivity contribution in [3.05, 3.63) is 35.4 Å². The molecule has 0 spiro atoms. The number of nitrogens with one attached hydrogen (secondary N) is 2. The Labute approximate surface area is 181 Å². The van der Waals surface area contributed by atoms with Crippen LogP contribution in [-0.4, -0.2) is 38.8 Å². The summed E-state index contributed by atoms with van der Waals surface area (Å²) in [6.45, 7) is 5.17. The molecular formula is C20H29F3IN3O. The van der Waals surface area contributed by atoms with Crippen LogP contribution in [0.1, 0.15) is 43.7 Å². The topological polar surface area (TPSA) is 45.7 Å². The van der Waals surface area contributed by atoms with E-state index in [2.05, 4.69) is 10.6 Å². The Morgan fingerprint density at radius 1 is 1.21 bits per heavy atom. The fraction of sp³-hybridized carbons (Fsp3) is 0.650. The zero-order valence-corrected chi connectivity index (χ0v) is 18.5. The third kappa shape index (κ3) is 6.23. The lowest BCUT2D eigenvalue weighted by atomic mass is 9.74. The van der Waals surface area contributed by atoms with Gasteiger partial charge in [-0.25, -0.2) is 0 Å². The lowest BCUT2D eigenvalue weighted by molar-refractivity contribution is -0.137. The van der Waals surface area contributed by atoms with Crippen molar-refractivity contribution in [1.29, 1.82) is 0 Å². The van der Waals surface area contributed by atoms with Crippen LogP contribution in [0.5, 0.6) is 0 Å². The summed E-state index contributed by atoms with van der Waals surface area (Å²) in [4.78, 5) is 4.73. The zero-order chi connectivity index (χ0) is 19.3. The first-order valence-corrected chi connectivity index (χ1v) is 9.71. The van der Waals surface area contributed by atoms with Gasteiger partial charge in [0.25, 0.3) is 0 Å². The van der Waals surface area contributed by atoms with Crippen LogP contribution in [-0.2, 0) is 16.3 Å². The van der Waals surface area contributed by atoms with E-state index in [-0.39, 0.29) is 24.0 Å². The molecule has 0 amide bonds. The molecule has 1 aliphatic carbocycles. The number of halogens is 4. The molecule has 8 heteroatoms. The highest BCUT2D eigenvalue weighted by Gasteiger charge is 2.37. The van der Waals surface area contributed by atoms with Crippen molar-refractivity contribution in [3.8, 4) is 0 Å². The summed E-state index contributed by atoms with van der Waals surface area (Å²) in [6, 6.07) is 5.70. The minimum Gasteiger partial charge on any atom is -0.381 e. The predicted octanol–water partition coefficient (Wildman–Crippen LogP) is 4.34. The molecule has 0 radical (unpaired) electrons. The summed E-state index contributed by atoms with van der Waals surface area (Å²) >= 11 is 0. The van der Waals surface area contributed by atoms with Gasteiger partial charge in [-0.15, -0.1) is 24.0 Å². The van der Waals surface area contributed by atoms with Crippen molar-refractivity contribution in [2.24, 2.45) is 10.9 Å². The summed E-state index contributed by atoms with van der Waals surface area (Å²) in [5, 5.41) is 6.59. The van der Waals surface area contributed by atoms with E-state index >= 15 is 0 Å². The molecule has 2 N–H and O–H groups in total. The van der Waals surface area contributed by atoms with E-state index in [1.165, 1.54) is 25.0 Å². The summed E-state index contributed by atoms with van der Waals surface area (Å²) in [7, 11) is 0. The second kappa shape index (κ2) is 10.1. The minimum atomic E-state index is -4.34. The second-order valence-corrected chi connectivity index (χ2v) is 7.49. The number of hydrogen-bond donors (Lipinski definition) is 2. The van der Waals surface area contributed by atoms with E-state index in [0.717, 1.165) is 31.0 Å². The lowest BCUT2D eigenvalue weighted by Crippen LogP contribution is -2.41. The maximum Gasteiger partial charge on any atom is 0.416 e. The molecule has 1 saturated carbocycles. The largest absolute Gasteiger partial charge is 0.416 e. The van der Waals surface area contributed by atoms with Crippen molar-refractivity contribution >= 4 is 29.9 Å². The van der Waals surface area contributed by atoms with E-state index in [1.54, 1.807) is 6.07 Å². The molecule has 1 aromatic carbocycles. The highest BCUT2D eigenvalue weighted by molar-refractivity contribution is 14.0. The fourth-order valence-electron chi connectivity index (χ4n) is 3.46. The van der Waals surface area contributed by atoms with Gasteiger partial charge in [0.1, 0.15) is 0 Å². The first-order valence-electron chi connectivity index (χ1n) is 9.71. The van der Waals surface area contributed by atoms with Gasteiger partial charge in [0.05, 0.1) is 12.1 Å². The monoisotopic (exact) mass is 511 g/mol. The van der Waals surface area contributed by atoms with Gasteiger partial charge in [0.2, 0.25) is 0 Å². The Morgan fingerprint density at radius 2 is 1.93 bits per heavy atom. The van der Waals surface area contributed by atoms with Gasteiger partial charge in [-0.3, -0.25) is 4.99 Å². The van der Waals surface area contributed by atoms with Crippen LogP contribution in [0.15, 0.2) is 29.3 Å². The number of guanidine groups is 1. The van der Waals surface area contributed by atoms with Crippen LogP contribution in [0.4, 0.5) is 13.2 Å². The summed E-state index contributed by atoms with van der Waals surface area (Å²) < 4.78 is 45.0. The molecule has 158 valence electrons. The van der Waals surface area contributed by atoms with Crippen molar-refractivity contribution < 1.29 is 17.9 Å². The first-order chi connectivity index (χ1) is 12.9. The molecule has 1 heterocycles. The number of hydrogen-bond acceptors (Lipinski definition) is 2. The predicted molar refractivity (Wildman–Crippen MR) is 115 cm³/mol. The fourth-order valence-corrected chi connectivity index (χ4v) is 3.46. The smallest absolute Gasteiger partial charge is 0.381 e. The molecule has 0 unspecified atom stereocenters. The average Bonchev–Trinajstić information content (AvgIpc) is 3.49. The van der Waals surface area contributed by atoms with Crippen LogP contribution in [0.3, 0.4) is 0 Å². The summed E-state index contributed by atoms with van der Waals surface area (Å²) in [6.07, 6.45) is -0.512. The van der Waals surface area contributed by atoms with Crippen LogP contribution < -0.4 is 10.6 Å². The lowest BCUT2D eigenvalue weighted by Gasteiger charge is -2.37. The van der Waals surface area contributed by atoms with Crippen LogP contribution >= 0.6 is 24.0 Å². The van der Waals surface area contributed by atoms with E-state index in [9.17, 15) is 13.2 Å². The normalized spacial score (nSPS) is 19.6. The molecule has 4 nitrogen and oxygen atoms in total. The van der Waals surface area contributed by atoms with E-state index in [4.69, 9.17) is 9.73 Å². The number of benzene rings is 1. The van der Waals surface area contributed by atoms with Crippen LogP contribution in [0.2, 0.25) is 0 Å². The Balaban J connectivity index is 0.00000280. The van der Waals surface area contributed by atoms with E-state index in [0.29, 0.717) is 38.2 Å². The van der Waals surface area contributed by atoms with Gasteiger partial charge in [-0.1, -0.05) is 18.2 Å². The number of ether oxygens (including phenoxy) is 1. The second-order valence-electron chi connectivity index (χ2n) is 7.49. The molecule has 2 fully saturated rings. The average molecular weight is 511 g/mol. The molecule has 1 aromatic rings. The maximum atomic E-state index is 13.2. The Hall–Kier alpha value is -1.03. The molecule has 3 rings (SSSR count). The minimum absolute atomic E-state index is 0. The Bertz CT molecular complexity index is 656. The molecule has 0 bridgehead atoms. The number of alkyl halides is 3. The molecule has 1 saturated heterocycles. The maximum absolute atomic E-state index is 13.2. The van der Waals surface area contributed by atoms with Crippen LogP contribution in [0, 0.1) is 5.92 Å². The standard InChI is InChI=1S/C20H28F3N3O.HI/c1-2-24-18(25-13-15-6-7-15)26-14-19(8-10-27-11-9-19)16-4-3-5-17(12-16)20(21,22)23;/h3-5,12,15H,2,6-11,13-14H2,1H3,(H2,24,25,26);1H. The van der Waals surface area contributed by atoms with Gasteiger partial charge in [0, 0.05) is 31.7 Å². The third-order valence-corrected chi connectivity index (χ3v) is 5.39. The van der Waals surface area contributed by atoms with E-state index < -0.39 is 17.2 Å². The quantitative estimate of drug-likeness (QED) is 0.340. The molecular weight excluding hydrogens is 482 g/mol. The van der Waals surface area contributed by atoms with Gasteiger partial charge in [-0.05, 0) is 50.2 Å². The number of nitrogens with zero attached hydrogens (tertiary/aromatic N) is 1. The highest BCUT2D eigenvalue weighted by Crippen LogP contribution is 2.38. The van der Waals surface area contributed by atoms with Crippen molar-refractivity contribution in [2.45, 2.75) is 44.2 Å². The Kier molecular flexibility index (Phi) is 8.42.